The number of hydrogen-bond donors (Lipinski definition) is 1. The average molecular weight is 523 g/mol. The summed E-state index contributed by atoms with van der Waals surface area (Å²) < 4.78 is 35.1. The Hall–Kier alpha value is -2.85. The van der Waals surface area contributed by atoms with Crippen molar-refractivity contribution < 1.29 is 17.9 Å². The van der Waals surface area contributed by atoms with Crippen molar-refractivity contribution in [3.63, 3.8) is 0 Å². The number of methoxy groups -OCH3 is 1. The zero-order valence-corrected chi connectivity index (χ0v) is 20.2. The van der Waals surface area contributed by atoms with Crippen molar-refractivity contribution in [2.24, 2.45) is 0 Å². The molecule has 0 aliphatic carbocycles. The number of sulfonamides is 1. The molecule has 4 rings (SSSR count). The molecule has 0 aliphatic heterocycles. The molecular formula is C22H16Cl2N2O5S2. The number of thiazole rings is 1. The number of anilines is 1. The first kappa shape index (κ1) is 23.3. The standard InChI is InChI=1S/C22H16Cl2N2O5S2/c1-31-21(27)14-4-8-17(24)18(10-14)25-33(29,30)16-7-9-19-20(11-16)32-22(28)26(19)12-13-2-5-15(23)6-3-13/h2-11,25H,12H2,1H3. The summed E-state index contributed by atoms with van der Waals surface area (Å²) >= 11 is 13.0. The maximum Gasteiger partial charge on any atom is 0.337 e. The van der Waals surface area contributed by atoms with Crippen molar-refractivity contribution in [3.05, 3.63) is 91.5 Å². The summed E-state index contributed by atoms with van der Waals surface area (Å²) in [5.74, 6) is -0.625. The monoisotopic (exact) mass is 522 g/mol. The molecule has 33 heavy (non-hydrogen) atoms. The smallest absolute Gasteiger partial charge is 0.337 e. The van der Waals surface area contributed by atoms with Crippen LogP contribution in [0, 0.1) is 0 Å². The summed E-state index contributed by atoms with van der Waals surface area (Å²) in [5, 5.41) is 0.715. The number of carbonyl (C=O) groups excluding carboxylic acids is 1. The molecule has 1 N–H and O–H groups in total. The number of aromatic nitrogens is 1. The Morgan fingerprint density at radius 1 is 1.06 bits per heavy atom. The molecule has 0 radical (unpaired) electrons. The van der Waals surface area contributed by atoms with E-state index in [1.54, 1.807) is 22.8 Å². The van der Waals surface area contributed by atoms with E-state index >= 15 is 0 Å². The molecular weight excluding hydrogens is 507 g/mol. The van der Waals surface area contributed by atoms with Crippen LogP contribution in [0.2, 0.25) is 10.0 Å². The first-order chi connectivity index (χ1) is 15.7. The van der Waals surface area contributed by atoms with Crippen LogP contribution in [0.5, 0.6) is 0 Å². The molecule has 0 aliphatic rings. The fourth-order valence-electron chi connectivity index (χ4n) is 3.19. The maximum absolute atomic E-state index is 13.0. The van der Waals surface area contributed by atoms with Crippen LogP contribution < -0.4 is 9.60 Å². The third kappa shape index (κ3) is 4.91. The predicted octanol–water partition coefficient (Wildman–Crippen LogP) is 5.01. The normalized spacial score (nSPS) is 11.5. The van der Waals surface area contributed by atoms with Crippen LogP contribution in [0.15, 0.2) is 70.4 Å². The number of benzene rings is 3. The van der Waals surface area contributed by atoms with Crippen molar-refractivity contribution in [2.75, 3.05) is 11.8 Å². The van der Waals surface area contributed by atoms with E-state index in [2.05, 4.69) is 9.46 Å². The zero-order chi connectivity index (χ0) is 23.8. The van der Waals surface area contributed by atoms with Gasteiger partial charge in [0.15, 0.2) is 0 Å². The molecule has 1 heterocycles. The molecule has 0 saturated carbocycles. The summed E-state index contributed by atoms with van der Waals surface area (Å²) in [6.07, 6.45) is 0. The van der Waals surface area contributed by atoms with E-state index in [9.17, 15) is 18.0 Å². The third-order valence-electron chi connectivity index (χ3n) is 4.84. The quantitative estimate of drug-likeness (QED) is 0.359. The zero-order valence-electron chi connectivity index (χ0n) is 17.0. The molecule has 0 amide bonds. The van der Waals surface area contributed by atoms with Crippen LogP contribution in [0.3, 0.4) is 0 Å². The largest absolute Gasteiger partial charge is 0.465 e. The van der Waals surface area contributed by atoms with Gasteiger partial charge in [-0.25, -0.2) is 13.2 Å². The van der Waals surface area contributed by atoms with Crippen molar-refractivity contribution in [2.45, 2.75) is 11.4 Å². The second kappa shape index (κ2) is 9.18. The SMILES string of the molecule is COC(=O)c1ccc(Cl)c(NS(=O)(=O)c2ccc3c(c2)sc(=O)n3Cc2ccc(Cl)cc2)c1. The van der Waals surface area contributed by atoms with Crippen molar-refractivity contribution in [3.8, 4) is 0 Å². The lowest BCUT2D eigenvalue weighted by Crippen LogP contribution is -2.14. The average Bonchev–Trinajstić information content (AvgIpc) is 3.10. The minimum absolute atomic E-state index is 0.0353. The highest BCUT2D eigenvalue weighted by atomic mass is 35.5. The van der Waals surface area contributed by atoms with Gasteiger partial charge in [0.1, 0.15) is 0 Å². The summed E-state index contributed by atoms with van der Waals surface area (Å²) in [4.78, 5) is 24.1. The van der Waals surface area contributed by atoms with Crippen molar-refractivity contribution in [1.82, 2.24) is 4.57 Å². The first-order valence-electron chi connectivity index (χ1n) is 9.46. The molecule has 0 unspecified atom stereocenters. The third-order valence-corrected chi connectivity index (χ3v) is 7.72. The minimum Gasteiger partial charge on any atom is -0.465 e. The summed E-state index contributed by atoms with van der Waals surface area (Å²) in [6, 6.07) is 15.7. The number of halogens is 2. The first-order valence-corrected chi connectivity index (χ1v) is 12.5. The highest BCUT2D eigenvalue weighted by molar-refractivity contribution is 7.92. The van der Waals surface area contributed by atoms with Crippen LogP contribution in [-0.2, 0) is 21.3 Å². The number of nitrogens with one attached hydrogen (secondary N) is 1. The van der Waals surface area contributed by atoms with Gasteiger partial charge in [0.25, 0.3) is 10.0 Å². The molecule has 0 atom stereocenters. The number of fused-ring (bicyclic) bond motifs is 1. The van der Waals surface area contributed by atoms with Gasteiger partial charge in [-0.2, -0.15) is 0 Å². The van der Waals surface area contributed by atoms with Gasteiger partial charge in [-0.3, -0.25) is 14.1 Å². The van der Waals surface area contributed by atoms with Crippen LogP contribution in [-0.4, -0.2) is 26.1 Å². The molecule has 4 aromatic rings. The lowest BCUT2D eigenvalue weighted by Gasteiger charge is -2.11. The van der Waals surface area contributed by atoms with E-state index in [-0.39, 0.29) is 26.0 Å². The van der Waals surface area contributed by atoms with E-state index in [1.165, 1.54) is 37.4 Å². The van der Waals surface area contributed by atoms with Crippen LogP contribution >= 0.6 is 34.5 Å². The predicted molar refractivity (Wildman–Crippen MR) is 130 cm³/mol. The maximum atomic E-state index is 13.0. The summed E-state index contributed by atoms with van der Waals surface area (Å²) in [7, 11) is -2.83. The van der Waals surface area contributed by atoms with E-state index in [4.69, 9.17) is 23.2 Å². The molecule has 11 heteroatoms. The number of rotatable bonds is 6. The lowest BCUT2D eigenvalue weighted by molar-refractivity contribution is 0.0601. The molecule has 0 bridgehead atoms. The minimum atomic E-state index is -4.05. The second-order valence-corrected chi connectivity index (χ2v) is 10.5. The highest BCUT2D eigenvalue weighted by Crippen LogP contribution is 2.28. The Morgan fingerprint density at radius 2 is 1.79 bits per heavy atom. The van der Waals surface area contributed by atoms with E-state index in [0.717, 1.165) is 16.9 Å². The Kier molecular flexibility index (Phi) is 6.49. The van der Waals surface area contributed by atoms with E-state index in [0.29, 0.717) is 21.8 Å². The van der Waals surface area contributed by atoms with Crippen molar-refractivity contribution in [1.29, 1.82) is 0 Å². The van der Waals surface area contributed by atoms with Gasteiger partial charge in [-0.1, -0.05) is 46.7 Å². The fraction of sp³-hybridized carbons (Fsp3) is 0.0909. The molecule has 170 valence electrons. The van der Waals surface area contributed by atoms with Gasteiger partial charge in [0, 0.05) is 5.02 Å². The Morgan fingerprint density at radius 3 is 2.48 bits per heavy atom. The van der Waals surface area contributed by atoms with Crippen LogP contribution in [0.4, 0.5) is 5.69 Å². The Bertz CT molecular complexity index is 1530. The molecule has 3 aromatic carbocycles. The van der Waals surface area contributed by atoms with Gasteiger partial charge in [-0.15, -0.1) is 0 Å². The van der Waals surface area contributed by atoms with Gasteiger partial charge >= 0.3 is 10.8 Å². The van der Waals surface area contributed by atoms with E-state index in [1.807, 2.05) is 12.1 Å². The van der Waals surface area contributed by atoms with Crippen molar-refractivity contribution >= 4 is 66.4 Å². The number of nitrogens with zero attached hydrogens (tertiary/aromatic N) is 1. The van der Waals surface area contributed by atoms with Gasteiger partial charge in [0.2, 0.25) is 0 Å². The molecule has 0 saturated heterocycles. The molecule has 0 fully saturated rings. The van der Waals surface area contributed by atoms with Gasteiger partial charge in [-0.05, 0) is 54.1 Å². The topological polar surface area (TPSA) is 94.5 Å². The molecule has 1 aromatic heterocycles. The summed E-state index contributed by atoms with van der Waals surface area (Å²) in [5.41, 5.74) is 1.69. The van der Waals surface area contributed by atoms with Crippen LogP contribution in [0.25, 0.3) is 10.2 Å². The van der Waals surface area contributed by atoms with Gasteiger partial charge < -0.3 is 4.74 Å². The van der Waals surface area contributed by atoms with Gasteiger partial charge in [0.05, 0.1) is 45.0 Å². The lowest BCUT2D eigenvalue weighted by atomic mass is 10.2. The Labute approximate surface area is 203 Å². The number of esters is 1. The molecule has 0 spiro atoms. The van der Waals surface area contributed by atoms with E-state index < -0.39 is 16.0 Å². The second-order valence-electron chi connectivity index (χ2n) is 7.00. The highest BCUT2D eigenvalue weighted by Gasteiger charge is 2.19. The Balaban J connectivity index is 1.67. The van der Waals surface area contributed by atoms with Crippen LogP contribution in [0.1, 0.15) is 15.9 Å². The summed E-state index contributed by atoms with van der Waals surface area (Å²) in [6.45, 7) is 0.330. The number of ether oxygens (including phenoxy) is 1. The molecule has 7 nitrogen and oxygen atoms in total. The fourth-order valence-corrected chi connectivity index (χ4v) is 5.64. The number of carbonyl (C=O) groups is 1. The number of hydrogen-bond acceptors (Lipinski definition) is 6.